The fourth-order valence-electron chi connectivity index (χ4n) is 5.01. The Morgan fingerprint density at radius 2 is 1.59 bits per heavy atom. The van der Waals surface area contributed by atoms with E-state index in [9.17, 15) is 5.11 Å². The third-order valence-corrected chi connectivity index (χ3v) is 6.31. The summed E-state index contributed by atoms with van der Waals surface area (Å²) in [6.07, 6.45) is -0.146. The third kappa shape index (κ3) is 2.64. The van der Waals surface area contributed by atoms with E-state index in [0.29, 0.717) is 23.9 Å². The molecule has 1 fully saturated rings. The van der Waals surface area contributed by atoms with Crippen LogP contribution >= 0.6 is 0 Å². The molecule has 5 rings (SSSR count). The largest absolute Gasteiger partial charge is 0.493 e. The zero-order chi connectivity index (χ0) is 20.1. The van der Waals surface area contributed by atoms with Crippen molar-refractivity contribution in [3.8, 4) is 28.7 Å². The fourth-order valence-corrected chi connectivity index (χ4v) is 5.01. The molecule has 0 spiro atoms. The van der Waals surface area contributed by atoms with E-state index in [2.05, 4.69) is 0 Å². The molecule has 0 unspecified atom stereocenters. The summed E-state index contributed by atoms with van der Waals surface area (Å²) < 4.78 is 34.0. The van der Waals surface area contributed by atoms with E-state index in [1.807, 2.05) is 24.3 Å². The Hall–Kier alpha value is -2.64. The quantitative estimate of drug-likeness (QED) is 0.827. The van der Waals surface area contributed by atoms with Crippen molar-refractivity contribution < 1.29 is 33.5 Å². The van der Waals surface area contributed by atoms with Crippen LogP contribution < -0.4 is 23.7 Å². The van der Waals surface area contributed by atoms with Crippen molar-refractivity contribution in [2.45, 2.75) is 12.0 Å². The second-order valence-corrected chi connectivity index (χ2v) is 7.53. The molecule has 2 heterocycles. The van der Waals surface area contributed by atoms with Crippen molar-refractivity contribution in [1.82, 2.24) is 0 Å². The summed E-state index contributed by atoms with van der Waals surface area (Å²) in [5, 5.41) is 10.1. The minimum atomic E-state index is -0.146. The van der Waals surface area contributed by atoms with Crippen molar-refractivity contribution in [3.05, 3.63) is 41.0 Å². The number of methoxy groups -OCH3 is 3. The lowest BCUT2D eigenvalue weighted by atomic mass is 9.67. The molecule has 7 nitrogen and oxygen atoms in total. The molecule has 1 saturated heterocycles. The molecule has 4 atom stereocenters. The first-order valence-corrected chi connectivity index (χ1v) is 9.66. The smallest absolute Gasteiger partial charge is 0.231 e. The molecule has 1 N–H and O–H groups in total. The number of hydrogen-bond acceptors (Lipinski definition) is 7. The second-order valence-electron chi connectivity index (χ2n) is 7.53. The van der Waals surface area contributed by atoms with Gasteiger partial charge in [0.25, 0.3) is 0 Å². The lowest BCUT2D eigenvalue weighted by molar-refractivity contribution is 0.0694. The molecule has 7 heteroatoms. The van der Waals surface area contributed by atoms with Crippen molar-refractivity contribution in [2.24, 2.45) is 11.8 Å². The maximum absolute atomic E-state index is 10.1. The highest BCUT2D eigenvalue weighted by Crippen LogP contribution is 2.57. The number of ether oxygens (including phenoxy) is 6. The zero-order valence-corrected chi connectivity index (χ0v) is 16.6. The van der Waals surface area contributed by atoms with Gasteiger partial charge in [0.05, 0.1) is 34.0 Å². The first kappa shape index (κ1) is 18.4. The SMILES string of the molecule is COc1cc([C@@H]2c3cc4c(cc3[C@@H]3OC[C@H]2[C@@H]3CO)OCO4)cc(OC)c1OC. The minimum Gasteiger partial charge on any atom is -0.493 e. The second kappa shape index (κ2) is 7.00. The molecule has 29 heavy (non-hydrogen) atoms. The van der Waals surface area contributed by atoms with Gasteiger partial charge in [-0.15, -0.1) is 0 Å². The van der Waals surface area contributed by atoms with Crippen LogP contribution in [0, 0.1) is 11.8 Å². The maximum Gasteiger partial charge on any atom is 0.231 e. The maximum atomic E-state index is 10.1. The molecule has 3 aliphatic rings. The Labute approximate surface area is 169 Å². The van der Waals surface area contributed by atoms with Crippen molar-refractivity contribution >= 4 is 0 Å². The molecule has 2 bridgehead atoms. The molecule has 0 aromatic heterocycles. The molecule has 2 aromatic carbocycles. The number of aliphatic hydroxyl groups excluding tert-OH is 1. The molecule has 2 aromatic rings. The summed E-state index contributed by atoms with van der Waals surface area (Å²) in [5.41, 5.74) is 3.19. The van der Waals surface area contributed by atoms with Crippen LogP contribution in [0.5, 0.6) is 28.7 Å². The monoisotopic (exact) mass is 400 g/mol. The Bertz CT molecular complexity index is 916. The normalized spacial score (nSPS) is 26.2. The molecule has 0 radical (unpaired) electrons. The van der Waals surface area contributed by atoms with Gasteiger partial charge in [0.1, 0.15) is 0 Å². The third-order valence-electron chi connectivity index (χ3n) is 6.31. The predicted molar refractivity (Wildman–Crippen MR) is 103 cm³/mol. The lowest BCUT2D eigenvalue weighted by Crippen LogP contribution is -2.31. The van der Waals surface area contributed by atoms with Crippen LogP contribution in [0.15, 0.2) is 24.3 Å². The number of benzene rings is 2. The van der Waals surface area contributed by atoms with Gasteiger partial charge >= 0.3 is 0 Å². The van der Waals surface area contributed by atoms with Crippen LogP contribution in [0.1, 0.15) is 28.7 Å². The van der Waals surface area contributed by atoms with Crippen LogP contribution in [0.25, 0.3) is 0 Å². The van der Waals surface area contributed by atoms with E-state index in [-0.39, 0.29) is 37.3 Å². The van der Waals surface area contributed by atoms with Gasteiger partial charge in [-0.1, -0.05) is 0 Å². The average molecular weight is 400 g/mol. The van der Waals surface area contributed by atoms with Crippen LogP contribution in [0.4, 0.5) is 0 Å². The highest BCUT2D eigenvalue weighted by atomic mass is 16.7. The summed E-state index contributed by atoms with van der Waals surface area (Å²) in [5.74, 6) is 3.34. The van der Waals surface area contributed by atoms with Gasteiger partial charge < -0.3 is 33.5 Å². The fraction of sp³-hybridized carbons (Fsp3) is 0.455. The Morgan fingerprint density at radius 1 is 0.931 bits per heavy atom. The standard InChI is InChI=1S/C22H24O7/c1-24-18-4-11(5-19(25-2)22(18)26-3)20-12-6-16-17(29-10-28-16)7-13(12)21-14(8-23)15(20)9-27-21/h4-7,14-15,20-21,23H,8-10H2,1-3H3/t14-,15-,20+,21-/m0/s1. The van der Waals surface area contributed by atoms with Crippen molar-refractivity contribution in [3.63, 3.8) is 0 Å². The van der Waals surface area contributed by atoms with E-state index in [4.69, 9.17) is 28.4 Å². The van der Waals surface area contributed by atoms with Crippen LogP contribution in [-0.2, 0) is 4.74 Å². The van der Waals surface area contributed by atoms with Crippen LogP contribution in [0.2, 0.25) is 0 Å². The Balaban J connectivity index is 1.71. The predicted octanol–water partition coefficient (Wildman–Crippen LogP) is 2.88. The number of fused-ring (bicyclic) bond motifs is 5. The zero-order valence-electron chi connectivity index (χ0n) is 16.6. The van der Waals surface area contributed by atoms with Crippen LogP contribution in [-0.4, -0.2) is 46.4 Å². The van der Waals surface area contributed by atoms with Gasteiger partial charge in [0.2, 0.25) is 12.5 Å². The van der Waals surface area contributed by atoms with Gasteiger partial charge in [-0.05, 0) is 41.0 Å². The highest BCUT2D eigenvalue weighted by Gasteiger charge is 2.49. The molecular weight excluding hydrogens is 376 g/mol. The van der Waals surface area contributed by atoms with Gasteiger partial charge in [-0.3, -0.25) is 0 Å². The number of aliphatic hydroxyl groups is 1. The number of rotatable bonds is 5. The summed E-state index contributed by atoms with van der Waals surface area (Å²) in [6.45, 7) is 0.841. The van der Waals surface area contributed by atoms with Crippen molar-refractivity contribution in [1.29, 1.82) is 0 Å². The van der Waals surface area contributed by atoms with E-state index in [1.54, 1.807) is 21.3 Å². The van der Waals surface area contributed by atoms with Gasteiger partial charge in [0.15, 0.2) is 23.0 Å². The Kier molecular flexibility index (Phi) is 4.44. The molecular formula is C22H24O7. The lowest BCUT2D eigenvalue weighted by Gasteiger charge is -2.36. The Morgan fingerprint density at radius 3 is 2.17 bits per heavy atom. The van der Waals surface area contributed by atoms with E-state index in [1.165, 1.54) is 0 Å². The first-order valence-electron chi connectivity index (χ1n) is 9.66. The van der Waals surface area contributed by atoms with E-state index in [0.717, 1.165) is 28.2 Å². The average Bonchev–Trinajstić information content (AvgIpc) is 3.35. The van der Waals surface area contributed by atoms with Gasteiger partial charge in [0, 0.05) is 24.4 Å². The van der Waals surface area contributed by atoms with Crippen LogP contribution in [0.3, 0.4) is 0 Å². The highest BCUT2D eigenvalue weighted by molar-refractivity contribution is 5.59. The van der Waals surface area contributed by atoms with Gasteiger partial charge in [-0.25, -0.2) is 0 Å². The number of hydrogen-bond donors (Lipinski definition) is 1. The summed E-state index contributed by atoms with van der Waals surface area (Å²) in [6, 6.07) is 8.01. The first-order chi connectivity index (χ1) is 14.2. The summed E-state index contributed by atoms with van der Waals surface area (Å²) in [7, 11) is 4.81. The molecule has 0 amide bonds. The van der Waals surface area contributed by atoms with E-state index >= 15 is 0 Å². The van der Waals surface area contributed by atoms with Gasteiger partial charge in [-0.2, -0.15) is 0 Å². The molecule has 1 aliphatic carbocycles. The molecule has 154 valence electrons. The van der Waals surface area contributed by atoms with E-state index < -0.39 is 0 Å². The van der Waals surface area contributed by atoms with Crippen molar-refractivity contribution in [2.75, 3.05) is 41.3 Å². The molecule has 0 saturated carbocycles. The summed E-state index contributed by atoms with van der Waals surface area (Å²) >= 11 is 0. The topological polar surface area (TPSA) is 75.6 Å². The minimum absolute atomic E-state index is 0.00645. The molecule has 2 aliphatic heterocycles. The summed E-state index contributed by atoms with van der Waals surface area (Å²) in [4.78, 5) is 0.